The summed E-state index contributed by atoms with van der Waals surface area (Å²) in [7, 11) is -3.86. The maximum atomic E-state index is 12.0. The molecule has 0 saturated carbocycles. The third kappa shape index (κ3) is 3.67. The van der Waals surface area contributed by atoms with Crippen LogP contribution in [0.5, 0.6) is 5.75 Å². The second-order valence-corrected chi connectivity index (χ2v) is 6.48. The minimum atomic E-state index is -3.86. The number of ether oxygens (including phenoxy) is 1. The Hall–Kier alpha value is -2.97. The van der Waals surface area contributed by atoms with Crippen molar-refractivity contribution in [1.29, 1.82) is 0 Å². The number of amides is 1. The number of hydrazine groups is 1. The molecule has 0 radical (unpaired) electrons. The van der Waals surface area contributed by atoms with Crippen molar-refractivity contribution in [3.8, 4) is 5.75 Å². The smallest absolute Gasteiger partial charge is 0.408 e. The molecule has 0 aliphatic rings. The Balaban J connectivity index is 1.65. The molecule has 0 atom stereocenters. The van der Waals surface area contributed by atoms with E-state index in [2.05, 4.69) is 4.98 Å². The second kappa shape index (κ2) is 6.65. The summed E-state index contributed by atoms with van der Waals surface area (Å²) < 4.78 is 29.0. The first-order valence-corrected chi connectivity index (χ1v) is 8.42. The molecule has 122 valence electrons. The minimum absolute atomic E-state index is 0.0256. The SMILES string of the molecule is O=C(NNS(=O)(=O)c1ccccc1)Oc1cnc2ccccc2c1. The van der Waals surface area contributed by atoms with Crippen LogP contribution in [-0.4, -0.2) is 19.5 Å². The molecule has 0 aliphatic carbocycles. The number of fused-ring (bicyclic) bond motifs is 1. The molecule has 8 heteroatoms. The van der Waals surface area contributed by atoms with Gasteiger partial charge in [0.2, 0.25) is 0 Å². The quantitative estimate of drug-likeness (QED) is 0.708. The van der Waals surface area contributed by atoms with Crippen molar-refractivity contribution in [2.45, 2.75) is 4.90 Å². The molecule has 3 aromatic rings. The number of para-hydroxylation sites is 1. The Labute approximate surface area is 138 Å². The molecule has 0 spiro atoms. The summed E-state index contributed by atoms with van der Waals surface area (Å²) >= 11 is 0. The summed E-state index contributed by atoms with van der Waals surface area (Å²) in [6.07, 6.45) is 0.416. The summed E-state index contributed by atoms with van der Waals surface area (Å²) in [6, 6.07) is 16.6. The summed E-state index contributed by atoms with van der Waals surface area (Å²) in [5.74, 6) is 0.199. The van der Waals surface area contributed by atoms with Gasteiger partial charge in [0.25, 0.3) is 10.0 Å². The molecule has 7 nitrogen and oxygen atoms in total. The van der Waals surface area contributed by atoms with Gasteiger partial charge in [0.15, 0.2) is 5.75 Å². The van der Waals surface area contributed by atoms with Crippen molar-refractivity contribution >= 4 is 27.0 Å². The van der Waals surface area contributed by atoms with Gasteiger partial charge in [-0.05, 0) is 24.3 Å². The molecule has 0 unspecified atom stereocenters. The Morgan fingerprint density at radius 1 is 1.00 bits per heavy atom. The van der Waals surface area contributed by atoms with E-state index in [-0.39, 0.29) is 10.6 Å². The fraction of sp³-hybridized carbons (Fsp3) is 0. The lowest BCUT2D eigenvalue weighted by Gasteiger charge is -2.09. The topological polar surface area (TPSA) is 97.4 Å². The second-order valence-electron chi connectivity index (χ2n) is 4.80. The first-order valence-electron chi connectivity index (χ1n) is 6.94. The van der Waals surface area contributed by atoms with Crippen LogP contribution >= 0.6 is 0 Å². The largest absolute Gasteiger partial charge is 0.428 e. The molecule has 1 heterocycles. The first-order chi connectivity index (χ1) is 11.5. The average molecular weight is 343 g/mol. The van der Waals surface area contributed by atoms with E-state index in [1.807, 2.05) is 34.5 Å². The first kappa shape index (κ1) is 15.9. The number of benzene rings is 2. The molecule has 1 amide bonds. The van der Waals surface area contributed by atoms with Crippen LogP contribution in [0.2, 0.25) is 0 Å². The minimum Gasteiger partial charge on any atom is -0.408 e. The number of nitrogens with zero attached hydrogens (tertiary/aromatic N) is 1. The van der Waals surface area contributed by atoms with E-state index >= 15 is 0 Å². The van der Waals surface area contributed by atoms with Gasteiger partial charge >= 0.3 is 6.09 Å². The lowest BCUT2D eigenvalue weighted by molar-refractivity contribution is 0.198. The maximum absolute atomic E-state index is 12.0. The predicted molar refractivity (Wildman–Crippen MR) is 87.7 cm³/mol. The molecular formula is C16H13N3O4S. The van der Waals surface area contributed by atoms with Gasteiger partial charge < -0.3 is 4.74 Å². The lowest BCUT2D eigenvalue weighted by atomic mass is 10.2. The number of carbonyl (C=O) groups excluding carboxylic acids is 1. The molecule has 0 aliphatic heterocycles. The van der Waals surface area contributed by atoms with Crippen molar-refractivity contribution in [2.75, 3.05) is 0 Å². The number of hydrogen-bond donors (Lipinski definition) is 2. The van der Waals surface area contributed by atoms with E-state index in [4.69, 9.17) is 4.74 Å². The van der Waals surface area contributed by atoms with E-state index in [9.17, 15) is 13.2 Å². The number of carbonyl (C=O) groups is 1. The van der Waals surface area contributed by atoms with Crippen LogP contribution < -0.4 is 15.0 Å². The summed E-state index contributed by atoms with van der Waals surface area (Å²) in [5.41, 5.74) is 2.75. The van der Waals surface area contributed by atoms with Crippen molar-refractivity contribution in [2.24, 2.45) is 0 Å². The Morgan fingerprint density at radius 2 is 1.71 bits per heavy atom. The van der Waals surface area contributed by atoms with E-state index in [0.717, 1.165) is 10.9 Å². The highest BCUT2D eigenvalue weighted by molar-refractivity contribution is 7.89. The summed E-state index contributed by atoms with van der Waals surface area (Å²) in [6.45, 7) is 0. The normalized spacial score (nSPS) is 11.2. The number of rotatable bonds is 4. The average Bonchev–Trinajstić information content (AvgIpc) is 2.61. The zero-order chi connectivity index (χ0) is 17.0. The fourth-order valence-corrected chi connectivity index (χ4v) is 2.86. The highest BCUT2D eigenvalue weighted by atomic mass is 32.2. The van der Waals surface area contributed by atoms with Crippen LogP contribution in [-0.2, 0) is 10.0 Å². The number of pyridine rings is 1. The molecule has 3 rings (SSSR count). The third-order valence-electron chi connectivity index (χ3n) is 3.12. The molecule has 0 saturated heterocycles. The molecule has 0 fully saturated rings. The fourth-order valence-electron chi connectivity index (χ4n) is 2.01. The molecule has 2 aromatic carbocycles. The summed E-state index contributed by atoms with van der Waals surface area (Å²) in [4.78, 5) is 17.9. The highest BCUT2D eigenvalue weighted by Crippen LogP contribution is 2.17. The highest BCUT2D eigenvalue weighted by Gasteiger charge is 2.15. The van der Waals surface area contributed by atoms with Gasteiger partial charge in [-0.2, -0.15) is 0 Å². The van der Waals surface area contributed by atoms with Crippen molar-refractivity contribution in [3.63, 3.8) is 0 Å². The van der Waals surface area contributed by atoms with Crippen LogP contribution in [0.3, 0.4) is 0 Å². The zero-order valence-corrected chi connectivity index (χ0v) is 13.2. The van der Waals surface area contributed by atoms with E-state index in [1.165, 1.54) is 18.3 Å². The summed E-state index contributed by atoms with van der Waals surface area (Å²) in [5, 5.41) is 0.799. The van der Waals surface area contributed by atoms with Gasteiger partial charge in [0, 0.05) is 5.39 Å². The van der Waals surface area contributed by atoms with Crippen LogP contribution in [0.1, 0.15) is 0 Å². The van der Waals surface area contributed by atoms with Gasteiger partial charge in [-0.25, -0.2) is 18.6 Å². The zero-order valence-electron chi connectivity index (χ0n) is 12.3. The van der Waals surface area contributed by atoms with Crippen molar-refractivity contribution in [1.82, 2.24) is 15.2 Å². The molecule has 1 aromatic heterocycles. The van der Waals surface area contributed by atoms with Gasteiger partial charge in [-0.1, -0.05) is 36.4 Å². The third-order valence-corrected chi connectivity index (χ3v) is 4.38. The van der Waals surface area contributed by atoms with E-state index in [0.29, 0.717) is 0 Å². The molecule has 2 N–H and O–H groups in total. The predicted octanol–water partition coefficient (Wildman–Crippen LogP) is 2.22. The van der Waals surface area contributed by atoms with Gasteiger partial charge in [-0.3, -0.25) is 4.98 Å². The molecule has 24 heavy (non-hydrogen) atoms. The number of sulfonamides is 1. The van der Waals surface area contributed by atoms with Crippen molar-refractivity contribution < 1.29 is 17.9 Å². The molecule has 0 bridgehead atoms. The van der Waals surface area contributed by atoms with Gasteiger partial charge in [0.05, 0.1) is 16.6 Å². The van der Waals surface area contributed by atoms with Gasteiger partial charge in [0.1, 0.15) is 0 Å². The molecular weight excluding hydrogens is 330 g/mol. The van der Waals surface area contributed by atoms with Crippen LogP contribution in [0, 0.1) is 0 Å². The van der Waals surface area contributed by atoms with E-state index < -0.39 is 16.1 Å². The van der Waals surface area contributed by atoms with Crippen molar-refractivity contribution in [3.05, 3.63) is 66.9 Å². The van der Waals surface area contributed by atoms with Crippen LogP contribution in [0.4, 0.5) is 4.79 Å². The Morgan fingerprint density at radius 3 is 2.50 bits per heavy atom. The van der Waals surface area contributed by atoms with Crippen LogP contribution in [0.15, 0.2) is 71.8 Å². The Bertz CT molecular complexity index is 975. The van der Waals surface area contributed by atoms with E-state index in [1.54, 1.807) is 24.3 Å². The number of aromatic nitrogens is 1. The lowest BCUT2D eigenvalue weighted by Crippen LogP contribution is -2.43. The standard InChI is InChI=1S/C16H13N3O4S/c20-16(18-19-24(21,22)14-7-2-1-3-8-14)23-13-10-12-6-4-5-9-15(12)17-11-13/h1-11,19H,(H,18,20). The van der Waals surface area contributed by atoms with Crippen LogP contribution in [0.25, 0.3) is 10.9 Å². The monoisotopic (exact) mass is 343 g/mol. The Kier molecular flexibility index (Phi) is 4.41. The number of nitrogens with one attached hydrogen (secondary N) is 2. The number of hydrogen-bond acceptors (Lipinski definition) is 5. The maximum Gasteiger partial charge on any atom is 0.428 e. The van der Waals surface area contributed by atoms with Gasteiger partial charge in [-0.15, -0.1) is 4.83 Å².